The molecule has 1 fully saturated rings. The molecule has 0 radical (unpaired) electrons. The second-order valence-electron chi connectivity index (χ2n) is 6.74. The number of aromatic amines is 1. The Morgan fingerprint density at radius 3 is 2.40 bits per heavy atom. The zero-order chi connectivity index (χ0) is 18.6. The van der Waals surface area contributed by atoms with E-state index in [1.165, 1.54) is 0 Å². The third kappa shape index (κ3) is 4.41. The molecule has 1 amide bonds. The van der Waals surface area contributed by atoms with Crippen molar-refractivity contribution in [3.05, 3.63) is 22.5 Å². The van der Waals surface area contributed by atoms with Gasteiger partial charge in [0.15, 0.2) is 0 Å². The Labute approximate surface area is 149 Å². The van der Waals surface area contributed by atoms with Crippen LogP contribution in [0.25, 0.3) is 0 Å². The largest absolute Gasteiger partial charge is 0.460 e. The molecule has 1 aliphatic rings. The highest BCUT2D eigenvalue weighted by Crippen LogP contribution is 2.22. The predicted molar refractivity (Wildman–Crippen MR) is 95.0 cm³/mol. The SMILES string of the molecule is COCCOC(=O)c1c(C)[nH]c(C(=O)N2CCC(N(C)C)CC2)c1C. The van der Waals surface area contributed by atoms with Crippen molar-refractivity contribution in [2.24, 2.45) is 0 Å². The summed E-state index contributed by atoms with van der Waals surface area (Å²) in [6, 6.07) is 0.516. The van der Waals surface area contributed by atoms with Gasteiger partial charge in [0.1, 0.15) is 12.3 Å². The van der Waals surface area contributed by atoms with Gasteiger partial charge >= 0.3 is 5.97 Å². The van der Waals surface area contributed by atoms with Gasteiger partial charge in [-0.3, -0.25) is 4.79 Å². The summed E-state index contributed by atoms with van der Waals surface area (Å²) in [5.74, 6) is -0.470. The van der Waals surface area contributed by atoms with Crippen LogP contribution in [-0.4, -0.2) is 80.2 Å². The van der Waals surface area contributed by atoms with Crippen LogP contribution in [0, 0.1) is 13.8 Å². The molecule has 1 aromatic rings. The molecule has 0 bridgehead atoms. The fraction of sp³-hybridized carbons (Fsp3) is 0.667. The third-order valence-electron chi connectivity index (χ3n) is 4.86. The van der Waals surface area contributed by atoms with E-state index < -0.39 is 5.97 Å². The molecule has 0 atom stereocenters. The van der Waals surface area contributed by atoms with Gasteiger partial charge < -0.3 is 24.3 Å². The number of aryl methyl sites for hydroxylation is 1. The summed E-state index contributed by atoms with van der Waals surface area (Å²) in [4.78, 5) is 32.3. The Morgan fingerprint density at radius 2 is 1.84 bits per heavy atom. The minimum atomic E-state index is -0.423. The van der Waals surface area contributed by atoms with Crippen molar-refractivity contribution in [2.75, 3.05) is 47.5 Å². The second-order valence-corrected chi connectivity index (χ2v) is 6.74. The number of nitrogens with zero attached hydrogens (tertiary/aromatic N) is 2. The van der Waals surface area contributed by atoms with E-state index in [1.54, 1.807) is 21.0 Å². The zero-order valence-corrected chi connectivity index (χ0v) is 15.8. The maximum absolute atomic E-state index is 12.9. The van der Waals surface area contributed by atoms with Crippen molar-refractivity contribution in [2.45, 2.75) is 32.7 Å². The number of hydrogen-bond donors (Lipinski definition) is 1. The predicted octanol–water partition coefficient (Wildman–Crippen LogP) is 1.60. The summed E-state index contributed by atoms with van der Waals surface area (Å²) in [7, 11) is 5.70. The van der Waals surface area contributed by atoms with Crippen molar-refractivity contribution in [1.82, 2.24) is 14.8 Å². The van der Waals surface area contributed by atoms with E-state index in [0.717, 1.165) is 25.9 Å². The van der Waals surface area contributed by atoms with Crippen LogP contribution in [0.2, 0.25) is 0 Å². The Bertz CT molecular complexity index is 616. The summed E-state index contributed by atoms with van der Waals surface area (Å²) in [5, 5.41) is 0. The van der Waals surface area contributed by atoms with Crippen LogP contribution < -0.4 is 0 Å². The molecule has 0 saturated carbocycles. The quantitative estimate of drug-likeness (QED) is 0.622. The second kappa shape index (κ2) is 8.49. The number of H-pyrrole nitrogens is 1. The van der Waals surface area contributed by atoms with Gasteiger partial charge in [0.25, 0.3) is 5.91 Å². The molecule has 7 nitrogen and oxygen atoms in total. The van der Waals surface area contributed by atoms with E-state index in [2.05, 4.69) is 24.0 Å². The third-order valence-corrected chi connectivity index (χ3v) is 4.86. The number of carbonyl (C=O) groups excluding carboxylic acids is 2. The average Bonchev–Trinajstić information content (AvgIpc) is 2.89. The normalized spacial score (nSPS) is 15.7. The molecule has 0 aliphatic carbocycles. The number of amides is 1. The van der Waals surface area contributed by atoms with E-state index in [4.69, 9.17) is 9.47 Å². The number of nitrogens with one attached hydrogen (secondary N) is 1. The maximum Gasteiger partial charge on any atom is 0.340 e. The van der Waals surface area contributed by atoms with Crippen molar-refractivity contribution in [3.63, 3.8) is 0 Å². The Hall–Kier alpha value is -1.86. The smallest absolute Gasteiger partial charge is 0.340 e. The van der Waals surface area contributed by atoms with Gasteiger partial charge in [-0.2, -0.15) is 0 Å². The number of likely N-dealkylation sites (tertiary alicyclic amines) is 1. The Morgan fingerprint density at radius 1 is 1.20 bits per heavy atom. The van der Waals surface area contributed by atoms with Crippen LogP contribution in [0.15, 0.2) is 0 Å². The van der Waals surface area contributed by atoms with E-state index in [0.29, 0.717) is 35.2 Å². The van der Waals surface area contributed by atoms with Gasteiger partial charge in [0.05, 0.1) is 12.2 Å². The van der Waals surface area contributed by atoms with E-state index in [9.17, 15) is 9.59 Å². The lowest BCUT2D eigenvalue weighted by Crippen LogP contribution is -2.44. The van der Waals surface area contributed by atoms with Gasteiger partial charge in [0.2, 0.25) is 0 Å². The lowest BCUT2D eigenvalue weighted by molar-refractivity contribution is 0.0387. The van der Waals surface area contributed by atoms with Crippen LogP contribution >= 0.6 is 0 Å². The zero-order valence-electron chi connectivity index (χ0n) is 15.8. The van der Waals surface area contributed by atoms with Crippen LogP contribution in [0.3, 0.4) is 0 Å². The number of ether oxygens (including phenoxy) is 2. The number of carbonyl (C=O) groups is 2. The molecule has 140 valence electrons. The van der Waals surface area contributed by atoms with Crippen molar-refractivity contribution in [3.8, 4) is 0 Å². The van der Waals surface area contributed by atoms with Crippen LogP contribution in [0.5, 0.6) is 0 Å². The maximum atomic E-state index is 12.9. The number of piperidine rings is 1. The van der Waals surface area contributed by atoms with Crippen molar-refractivity contribution >= 4 is 11.9 Å². The number of aromatic nitrogens is 1. The first-order valence-electron chi connectivity index (χ1n) is 8.67. The van der Waals surface area contributed by atoms with Gasteiger partial charge in [-0.1, -0.05) is 0 Å². The summed E-state index contributed by atoms with van der Waals surface area (Å²) in [5.41, 5.74) is 2.24. The monoisotopic (exact) mass is 351 g/mol. The van der Waals surface area contributed by atoms with Gasteiger partial charge in [-0.15, -0.1) is 0 Å². The highest BCUT2D eigenvalue weighted by Gasteiger charge is 2.29. The Kier molecular flexibility index (Phi) is 6.61. The number of rotatable bonds is 6. The summed E-state index contributed by atoms with van der Waals surface area (Å²) < 4.78 is 10.1. The van der Waals surface area contributed by atoms with Crippen LogP contribution in [-0.2, 0) is 9.47 Å². The first-order valence-corrected chi connectivity index (χ1v) is 8.67. The molecule has 0 unspecified atom stereocenters. The molecule has 1 aromatic heterocycles. The van der Waals surface area contributed by atoms with E-state index in [1.807, 2.05) is 4.90 Å². The number of methoxy groups -OCH3 is 1. The lowest BCUT2D eigenvalue weighted by Gasteiger charge is -2.35. The van der Waals surface area contributed by atoms with E-state index >= 15 is 0 Å². The fourth-order valence-electron chi connectivity index (χ4n) is 3.30. The summed E-state index contributed by atoms with van der Waals surface area (Å²) in [6.45, 7) is 5.58. The molecule has 0 aromatic carbocycles. The molecule has 7 heteroatoms. The highest BCUT2D eigenvalue weighted by atomic mass is 16.6. The first-order chi connectivity index (χ1) is 11.9. The molecule has 25 heavy (non-hydrogen) atoms. The molecular formula is C18H29N3O4. The topological polar surface area (TPSA) is 74.9 Å². The highest BCUT2D eigenvalue weighted by molar-refractivity contribution is 6.00. The van der Waals surface area contributed by atoms with Gasteiger partial charge in [-0.05, 0) is 46.3 Å². The van der Waals surface area contributed by atoms with Crippen molar-refractivity contribution in [1.29, 1.82) is 0 Å². The lowest BCUT2D eigenvalue weighted by atomic mass is 10.0. The van der Waals surface area contributed by atoms with Gasteiger partial charge in [0, 0.05) is 31.9 Å². The minimum Gasteiger partial charge on any atom is -0.460 e. The molecule has 2 rings (SSSR count). The standard InChI is InChI=1S/C18H29N3O4/c1-12-15(18(23)25-11-10-24-5)13(2)19-16(12)17(22)21-8-6-14(7-9-21)20(3)4/h14,19H,6-11H2,1-5H3. The van der Waals surface area contributed by atoms with Crippen LogP contribution in [0.1, 0.15) is 44.9 Å². The average molecular weight is 351 g/mol. The molecule has 1 N–H and O–H groups in total. The number of esters is 1. The summed E-state index contributed by atoms with van der Waals surface area (Å²) >= 11 is 0. The molecule has 0 spiro atoms. The fourth-order valence-corrected chi connectivity index (χ4v) is 3.30. The van der Waals surface area contributed by atoms with Crippen LogP contribution in [0.4, 0.5) is 0 Å². The van der Waals surface area contributed by atoms with E-state index in [-0.39, 0.29) is 12.5 Å². The molecule has 1 saturated heterocycles. The van der Waals surface area contributed by atoms with Crippen molar-refractivity contribution < 1.29 is 19.1 Å². The molecule has 2 heterocycles. The van der Waals surface area contributed by atoms with Gasteiger partial charge in [-0.25, -0.2) is 4.79 Å². The molecule has 1 aliphatic heterocycles. The minimum absolute atomic E-state index is 0.0475. The summed E-state index contributed by atoms with van der Waals surface area (Å²) in [6.07, 6.45) is 1.92. The molecular weight excluding hydrogens is 322 g/mol. The number of hydrogen-bond acceptors (Lipinski definition) is 5. The first kappa shape index (κ1) is 19.5. The Balaban J connectivity index is 2.09.